The molecule has 0 aromatic heterocycles. The molecule has 0 N–H and O–H groups in total. The highest BCUT2D eigenvalue weighted by molar-refractivity contribution is 7.90. The molecular formula is C4H7F3O5S2. The Labute approximate surface area is 78.9 Å². The Balaban J connectivity index is 4.31. The molecule has 0 atom stereocenters. The first kappa shape index (κ1) is 13.7. The lowest BCUT2D eigenvalue weighted by Gasteiger charge is -2.07. The fourth-order valence-corrected chi connectivity index (χ4v) is 1.29. The molecule has 0 aliphatic carbocycles. The molecule has 14 heavy (non-hydrogen) atoms. The molecule has 0 saturated heterocycles. The average molecular weight is 256 g/mol. The van der Waals surface area contributed by atoms with Crippen LogP contribution in [0.3, 0.4) is 0 Å². The van der Waals surface area contributed by atoms with Gasteiger partial charge in [0.2, 0.25) is 0 Å². The fraction of sp³-hybridized carbons (Fsp3) is 1.00. The van der Waals surface area contributed by atoms with Gasteiger partial charge in [0.25, 0.3) is 0 Å². The molecule has 10 heteroatoms. The van der Waals surface area contributed by atoms with Crippen LogP contribution in [0.5, 0.6) is 0 Å². The van der Waals surface area contributed by atoms with E-state index in [0.717, 1.165) is 6.26 Å². The quantitative estimate of drug-likeness (QED) is 0.518. The minimum absolute atomic E-state index is 0.747. The summed E-state index contributed by atoms with van der Waals surface area (Å²) in [6.07, 6.45) is 0.747. The molecule has 0 radical (unpaired) electrons. The van der Waals surface area contributed by atoms with Gasteiger partial charge in [-0.2, -0.15) is 21.6 Å². The first-order valence-electron chi connectivity index (χ1n) is 3.09. The van der Waals surface area contributed by atoms with Gasteiger partial charge < -0.3 is 0 Å². The molecule has 0 amide bonds. The Bertz CT molecular complexity index is 378. The van der Waals surface area contributed by atoms with Crippen molar-refractivity contribution in [3.63, 3.8) is 0 Å². The summed E-state index contributed by atoms with van der Waals surface area (Å²) < 4.78 is 79.4. The summed E-state index contributed by atoms with van der Waals surface area (Å²) in [5.41, 5.74) is -5.52. The molecule has 0 aliphatic heterocycles. The lowest BCUT2D eigenvalue weighted by molar-refractivity contribution is -0.0538. The minimum atomic E-state index is -5.68. The predicted molar refractivity (Wildman–Crippen MR) is 40.6 cm³/mol. The summed E-state index contributed by atoms with van der Waals surface area (Å²) in [4.78, 5) is 0. The number of halogens is 3. The summed E-state index contributed by atoms with van der Waals surface area (Å²) in [6, 6.07) is 0. The zero-order chi connectivity index (χ0) is 11.6. The molecule has 0 bridgehead atoms. The van der Waals surface area contributed by atoms with Crippen molar-refractivity contribution in [2.45, 2.75) is 5.51 Å². The molecular weight excluding hydrogens is 249 g/mol. The van der Waals surface area contributed by atoms with E-state index in [9.17, 15) is 30.0 Å². The molecule has 0 rings (SSSR count). The van der Waals surface area contributed by atoms with Crippen LogP contribution < -0.4 is 0 Å². The van der Waals surface area contributed by atoms with Crippen LogP contribution in [0.2, 0.25) is 0 Å². The van der Waals surface area contributed by atoms with Crippen LogP contribution in [0.15, 0.2) is 0 Å². The highest BCUT2D eigenvalue weighted by Crippen LogP contribution is 2.24. The van der Waals surface area contributed by atoms with Crippen LogP contribution in [0.1, 0.15) is 0 Å². The normalized spacial score (nSPS) is 14.3. The van der Waals surface area contributed by atoms with Crippen LogP contribution in [0, 0.1) is 0 Å². The maximum absolute atomic E-state index is 11.6. The highest BCUT2D eigenvalue weighted by Gasteiger charge is 2.47. The number of rotatable bonds is 4. The largest absolute Gasteiger partial charge is 0.523 e. The molecule has 0 fully saturated rings. The molecule has 0 aliphatic rings. The van der Waals surface area contributed by atoms with Crippen molar-refractivity contribution in [3.05, 3.63) is 0 Å². The van der Waals surface area contributed by atoms with Gasteiger partial charge in [-0.05, 0) is 0 Å². The van der Waals surface area contributed by atoms with Gasteiger partial charge in [-0.25, -0.2) is 8.42 Å². The summed E-state index contributed by atoms with van der Waals surface area (Å²) >= 11 is 0. The molecule has 5 nitrogen and oxygen atoms in total. The van der Waals surface area contributed by atoms with E-state index in [1.807, 2.05) is 0 Å². The van der Waals surface area contributed by atoms with Gasteiger partial charge in [-0.15, -0.1) is 0 Å². The van der Waals surface area contributed by atoms with E-state index in [1.54, 1.807) is 0 Å². The third-order valence-electron chi connectivity index (χ3n) is 0.976. The summed E-state index contributed by atoms with van der Waals surface area (Å²) in [5.74, 6) is -0.789. The van der Waals surface area contributed by atoms with Crippen molar-refractivity contribution in [3.8, 4) is 0 Å². The fourth-order valence-electron chi connectivity index (χ4n) is 0.362. The second kappa shape index (κ2) is 4.03. The standard InChI is InChI=1S/C4H7F3O5S2/c1-13(8,9)3-2-12-14(10,11)4(5,6)7/h2-3H2,1H3. The number of hydrogen-bond acceptors (Lipinski definition) is 5. The van der Waals surface area contributed by atoms with Gasteiger partial charge in [-0.3, -0.25) is 4.18 Å². The zero-order valence-corrected chi connectivity index (χ0v) is 8.54. The van der Waals surface area contributed by atoms with Crippen molar-refractivity contribution in [2.24, 2.45) is 0 Å². The number of hydrogen-bond donors (Lipinski definition) is 0. The molecule has 0 aromatic carbocycles. The molecule has 0 unspecified atom stereocenters. The number of sulfone groups is 1. The molecule has 0 aromatic rings. The SMILES string of the molecule is CS(=O)(=O)CCOS(=O)(=O)C(F)(F)F. The maximum atomic E-state index is 11.6. The van der Waals surface area contributed by atoms with Crippen LogP contribution >= 0.6 is 0 Å². The van der Waals surface area contributed by atoms with Gasteiger partial charge >= 0.3 is 15.6 Å². The average Bonchev–Trinajstić information content (AvgIpc) is 1.80. The molecule has 86 valence electrons. The number of alkyl halides is 3. The van der Waals surface area contributed by atoms with Crippen LogP contribution in [-0.2, 0) is 24.1 Å². The minimum Gasteiger partial charge on any atom is -0.262 e. The van der Waals surface area contributed by atoms with Crippen molar-refractivity contribution >= 4 is 20.0 Å². The Hall–Kier alpha value is -0.350. The van der Waals surface area contributed by atoms with E-state index in [0.29, 0.717) is 0 Å². The van der Waals surface area contributed by atoms with Crippen LogP contribution in [0.4, 0.5) is 13.2 Å². The van der Waals surface area contributed by atoms with E-state index in [4.69, 9.17) is 0 Å². The third kappa shape index (κ3) is 4.77. The van der Waals surface area contributed by atoms with Crippen molar-refractivity contribution in [1.29, 1.82) is 0 Å². The van der Waals surface area contributed by atoms with E-state index < -0.39 is 37.8 Å². The lowest BCUT2D eigenvalue weighted by Crippen LogP contribution is -2.27. The molecule has 0 heterocycles. The van der Waals surface area contributed by atoms with E-state index in [2.05, 4.69) is 4.18 Å². The van der Waals surface area contributed by atoms with Gasteiger partial charge in [-0.1, -0.05) is 0 Å². The van der Waals surface area contributed by atoms with E-state index in [-0.39, 0.29) is 0 Å². The second-order valence-electron chi connectivity index (χ2n) is 2.35. The summed E-state index contributed by atoms with van der Waals surface area (Å²) in [7, 11) is -9.23. The topological polar surface area (TPSA) is 77.5 Å². The van der Waals surface area contributed by atoms with Crippen LogP contribution in [0.25, 0.3) is 0 Å². The van der Waals surface area contributed by atoms with Gasteiger partial charge in [0.1, 0.15) is 9.84 Å². The van der Waals surface area contributed by atoms with Gasteiger partial charge in [0.15, 0.2) is 0 Å². The van der Waals surface area contributed by atoms with Crippen molar-refractivity contribution < 1.29 is 34.2 Å². The maximum Gasteiger partial charge on any atom is 0.523 e. The third-order valence-corrected chi connectivity index (χ3v) is 2.93. The van der Waals surface area contributed by atoms with E-state index >= 15 is 0 Å². The Morgan fingerprint density at radius 3 is 1.86 bits per heavy atom. The Morgan fingerprint density at radius 2 is 1.57 bits per heavy atom. The second-order valence-corrected chi connectivity index (χ2v) is 6.22. The highest BCUT2D eigenvalue weighted by atomic mass is 32.2. The van der Waals surface area contributed by atoms with Gasteiger partial charge in [0.05, 0.1) is 12.4 Å². The first-order valence-corrected chi connectivity index (χ1v) is 6.56. The molecule has 0 saturated carbocycles. The zero-order valence-electron chi connectivity index (χ0n) is 6.91. The summed E-state index contributed by atoms with van der Waals surface area (Å²) in [5, 5.41) is 0. The van der Waals surface area contributed by atoms with Crippen molar-refractivity contribution in [2.75, 3.05) is 18.6 Å². The first-order chi connectivity index (χ1) is 5.96. The monoisotopic (exact) mass is 256 g/mol. The van der Waals surface area contributed by atoms with Gasteiger partial charge in [0, 0.05) is 6.26 Å². The Kier molecular flexibility index (Phi) is 3.93. The lowest BCUT2D eigenvalue weighted by atomic mass is 10.9. The molecule has 0 spiro atoms. The summed E-state index contributed by atoms with van der Waals surface area (Å²) in [6.45, 7) is -1.04. The van der Waals surface area contributed by atoms with Crippen LogP contribution in [-0.4, -0.2) is 41.0 Å². The Morgan fingerprint density at radius 1 is 1.14 bits per heavy atom. The smallest absolute Gasteiger partial charge is 0.262 e. The van der Waals surface area contributed by atoms with Crippen molar-refractivity contribution in [1.82, 2.24) is 0 Å². The predicted octanol–water partition coefficient (Wildman–Crippen LogP) is -0.103. The van der Waals surface area contributed by atoms with E-state index in [1.165, 1.54) is 0 Å².